The molecule has 0 bridgehead atoms. The molecule has 1 amide bonds. The van der Waals surface area contributed by atoms with Gasteiger partial charge in [-0.1, -0.05) is 0 Å². The number of hydrogen-bond donors (Lipinski definition) is 2. The summed E-state index contributed by atoms with van der Waals surface area (Å²) in [5.41, 5.74) is 0.339. The summed E-state index contributed by atoms with van der Waals surface area (Å²) in [7, 11) is 1.22. The van der Waals surface area contributed by atoms with Crippen LogP contribution in [0, 0.1) is 0 Å². The largest absolute Gasteiger partial charge is 0.480 e. The Kier molecular flexibility index (Phi) is 6.63. The van der Waals surface area contributed by atoms with Crippen molar-refractivity contribution in [2.45, 2.75) is 18.9 Å². The van der Waals surface area contributed by atoms with Gasteiger partial charge in [-0.15, -0.1) is 11.3 Å². The zero-order chi connectivity index (χ0) is 15.3. The Labute approximate surface area is 135 Å². The minimum atomic E-state index is -1.20. The first-order valence-corrected chi connectivity index (χ1v) is 7.80. The molecule has 1 aromatic rings. The van der Waals surface area contributed by atoms with Gasteiger partial charge in [0.05, 0.1) is 20.2 Å². The Bertz CT molecular complexity index is 531. The second kappa shape index (κ2) is 7.75. The molecular weight excluding hydrogens is 418 g/mol. The van der Waals surface area contributed by atoms with Gasteiger partial charge < -0.3 is 15.2 Å². The number of carbonyl (C=O) groups excluding carboxylic acids is 2. The molecule has 20 heavy (non-hydrogen) atoms. The number of halogens is 2. The van der Waals surface area contributed by atoms with Crippen molar-refractivity contribution in [3.8, 4) is 0 Å². The van der Waals surface area contributed by atoms with E-state index in [-0.39, 0.29) is 12.8 Å². The highest BCUT2D eigenvalue weighted by molar-refractivity contribution is 9.12. The number of carboxylic acid groups (broad SMARTS) is 1. The molecule has 110 valence electrons. The first kappa shape index (κ1) is 17.1. The summed E-state index contributed by atoms with van der Waals surface area (Å²) in [4.78, 5) is 34.1. The number of aliphatic carboxylic acids is 1. The minimum absolute atomic E-state index is 0.0311. The normalized spacial score (nSPS) is 11.8. The third kappa shape index (κ3) is 4.88. The monoisotopic (exact) mass is 427 g/mol. The number of rotatable bonds is 6. The summed E-state index contributed by atoms with van der Waals surface area (Å²) in [6.45, 7) is 0. The second-order valence-corrected chi connectivity index (χ2v) is 7.47. The Morgan fingerprint density at radius 2 is 2.10 bits per heavy atom. The maximum absolute atomic E-state index is 12.0. The number of thiophene rings is 1. The molecule has 0 spiro atoms. The summed E-state index contributed by atoms with van der Waals surface area (Å²) in [6, 6.07) is 0.440. The van der Waals surface area contributed by atoms with E-state index >= 15 is 0 Å². The highest BCUT2D eigenvalue weighted by atomic mass is 79.9. The van der Waals surface area contributed by atoms with Gasteiger partial charge in [-0.05, 0) is 44.3 Å². The van der Waals surface area contributed by atoms with Crippen LogP contribution in [0.25, 0.3) is 0 Å². The molecule has 1 aromatic heterocycles. The van der Waals surface area contributed by atoms with Gasteiger partial charge in [0, 0.05) is 6.42 Å². The molecule has 0 aliphatic heterocycles. The number of ether oxygens (including phenoxy) is 1. The van der Waals surface area contributed by atoms with Crippen LogP contribution in [0.2, 0.25) is 0 Å². The van der Waals surface area contributed by atoms with Gasteiger partial charge in [0.1, 0.15) is 6.04 Å². The van der Waals surface area contributed by atoms with Crippen LogP contribution >= 0.6 is 43.2 Å². The lowest BCUT2D eigenvalue weighted by molar-refractivity contribution is -0.142. The molecule has 1 unspecified atom stereocenters. The molecule has 0 aromatic carbocycles. The zero-order valence-electron chi connectivity index (χ0n) is 10.3. The third-order valence-corrected chi connectivity index (χ3v) is 4.71. The lowest BCUT2D eigenvalue weighted by Gasteiger charge is -2.13. The first-order valence-electron chi connectivity index (χ1n) is 5.40. The van der Waals surface area contributed by atoms with Crippen LogP contribution in [0.5, 0.6) is 0 Å². The van der Waals surface area contributed by atoms with Gasteiger partial charge in [0.25, 0.3) is 5.91 Å². The molecule has 0 saturated heterocycles. The van der Waals surface area contributed by atoms with Crippen molar-refractivity contribution in [2.75, 3.05) is 7.11 Å². The van der Waals surface area contributed by atoms with E-state index in [9.17, 15) is 14.4 Å². The molecule has 0 aliphatic rings. The van der Waals surface area contributed by atoms with Crippen LogP contribution in [0.1, 0.15) is 23.2 Å². The Hall–Kier alpha value is -0.930. The van der Waals surface area contributed by atoms with Crippen LogP contribution in [0.3, 0.4) is 0 Å². The topological polar surface area (TPSA) is 92.7 Å². The summed E-state index contributed by atoms with van der Waals surface area (Å²) in [5, 5.41) is 11.4. The molecule has 0 aliphatic carbocycles. The summed E-state index contributed by atoms with van der Waals surface area (Å²) in [5.74, 6) is -2.24. The van der Waals surface area contributed by atoms with Gasteiger partial charge >= 0.3 is 11.9 Å². The molecule has 2 N–H and O–H groups in total. The van der Waals surface area contributed by atoms with E-state index in [0.29, 0.717) is 9.35 Å². The first-order chi connectivity index (χ1) is 9.35. The van der Waals surface area contributed by atoms with Crippen LogP contribution in [0.4, 0.5) is 0 Å². The average molecular weight is 429 g/mol. The van der Waals surface area contributed by atoms with Crippen molar-refractivity contribution in [1.82, 2.24) is 5.32 Å². The number of carboxylic acids is 1. The molecular formula is C11H11Br2NO5S. The molecule has 1 heterocycles. The van der Waals surface area contributed by atoms with Crippen LogP contribution in [-0.2, 0) is 14.3 Å². The summed E-state index contributed by atoms with van der Waals surface area (Å²) in [6.07, 6.45) is -0.112. The van der Waals surface area contributed by atoms with E-state index < -0.39 is 23.9 Å². The quantitative estimate of drug-likeness (QED) is 0.678. The number of hydrogen-bond acceptors (Lipinski definition) is 5. The van der Waals surface area contributed by atoms with Crippen LogP contribution < -0.4 is 5.32 Å². The number of esters is 1. The highest BCUT2D eigenvalue weighted by Crippen LogP contribution is 2.31. The van der Waals surface area contributed by atoms with Gasteiger partial charge in [-0.2, -0.15) is 0 Å². The van der Waals surface area contributed by atoms with Crippen molar-refractivity contribution in [3.63, 3.8) is 0 Å². The lowest BCUT2D eigenvalue weighted by Crippen LogP contribution is -2.41. The second-order valence-electron chi connectivity index (χ2n) is 3.72. The lowest BCUT2D eigenvalue weighted by atomic mass is 10.1. The van der Waals surface area contributed by atoms with E-state index in [1.54, 1.807) is 6.07 Å². The molecule has 1 atom stereocenters. The van der Waals surface area contributed by atoms with Gasteiger partial charge in [0.2, 0.25) is 0 Å². The van der Waals surface area contributed by atoms with Crippen LogP contribution in [0.15, 0.2) is 13.6 Å². The molecule has 0 saturated carbocycles. The van der Waals surface area contributed by atoms with E-state index in [2.05, 4.69) is 41.9 Å². The molecule has 6 nitrogen and oxygen atoms in total. The van der Waals surface area contributed by atoms with E-state index in [0.717, 1.165) is 3.79 Å². The third-order valence-electron chi connectivity index (χ3n) is 2.37. The Balaban J connectivity index is 2.70. The van der Waals surface area contributed by atoms with Crippen LogP contribution in [-0.4, -0.2) is 36.1 Å². The molecule has 9 heteroatoms. The predicted molar refractivity (Wildman–Crippen MR) is 79.9 cm³/mol. The molecule has 0 radical (unpaired) electrons. The number of nitrogens with one attached hydrogen (secondary N) is 1. The predicted octanol–water partition coefficient (Wildman–Crippen LogP) is 2.41. The maximum atomic E-state index is 12.0. The number of methoxy groups -OCH3 is 1. The standard InChI is InChI=1S/C11H11Br2NO5S/c1-19-8(15)3-2-6(11(17)18)14-10(16)5-4-7(12)20-9(5)13/h4,6H,2-3H2,1H3,(H,14,16)(H,17,18). The Morgan fingerprint density at radius 3 is 2.55 bits per heavy atom. The molecule has 0 fully saturated rings. The maximum Gasteiger partial charge on any atom is 0.326 e. The average Bonchev–Trinajstić information content (AvgIpc) is 2.72. The van der Waals surface area contributed by atoms with E-state index in [1.807, 2.05) is 0 Å². The highest BCUT2D eigenvalue weighted by Gasteiger charge is 2.23. The van der Waals surface area contributed by atoms with Crippen molar-refractivity contribution in [1.29, 1.82) is 0 Å². The number of carbonyl (C=O) groups is 3. The van der Waals surface area contributed by atoms with E-state index in [4.69, 9.17) is 5.11 Å². The fourth-order valence-electron chi connectivity index (χ4n) is 1.35. The SMILES string of the molecule is COC(=O)CCC(NC(=O)c1cc(Br)sc1Br)C(=O)O. The van der Waals surface area contributed by atoms with Crippen molar-refractivity contribution in [2.24, 2.45) is 0 Å². The van der Waals surface area contributed by atoms with Crippen molar-refractivity contribution in [3.05, 3.63) is 19.2 Å². The molecule has 1 rings (SSSR count). The van der Waals surface area contributed by atoms with Gasteiger partial charge in [-0.25, -0.2) is 4.79 Å². The fourth-order valence-corrected chi connectivity index (χ4v) is 4.15. The van der Waals surface area contributed by atoms with E-state index in [1.165, 1.54) is 18.4 Å². The van der Waals surface area contributed by atoms with Gasteiger partial charge in [0.15, 0.2) is 0 Å². The van der Waals surface area contributed by atoms with Gasteiger partial charge in [-0.3, -0.25) is 9.59 Å². The smallest absolute Gasteiger partial charge is 0.326 e. The summed E-state index contributed by atoms with van der Waals surface area (Å²) < 4.78 is 5.78. The van der Waals surface area contributed by atoms with Crippen molar-refractivity contribution >= 4 is 61.0 Å². The zero-order valence-corrected chi connectivity index (χ0v) is 14.3. The fraction of sp³-hybridized carbons (Fsp3) is 0.364. The number of amides is 1. The van der Waals surface area contributed by atoms with Crippen molar-refractivity contribution < 1.29 is 24.2 Å². The Morgan fingerprint density at radius 1 is 1.45 bits per heavy atom. The minimum Gasteiger partial charge on any atom is -0.480 e. The summed E-state index contributed by atoms with van der Waals surface area (Å²) >= 11 is 7.77.